The molecule has 5 nitrogen and oxygen atoms in total. The molecule has 1 heterocycles. The first kappa shape index (κ1) is 21.6. The molecule has 0 bridgehead atoms. The topological polar surface area (TPSA) is 64.0 Å². The first-order chi connectivity index (χ1) is 13.5. The minimum absolute atomic E-state index is 0.284. The molecule has 0 atom stereocenters. The number of nitrogens with zero attached hydrogens (tertiary/aromatic N) is 2. The maximum Gasteiger partial charge on any atom is 0.263 e. The lowest BCUT2D eigenvalue weighted by atomic mass is 9.95. The standard InChI is InChI=1S/C22H26BrN3O2S/c1-13-7-9-19(10-8-13)11-26-12-20(23)22(24-26)25-29(27,28)21-17(5)15(3)14(2)16(4)18(21)6/h7-10,12H,11H2,1-6H3,(H,24,25). The van der Waals surface area contributed by atoms with Crippen molar-refractivity contribution in [2.45, 2.75) is 53.0 Å². The number of nitrogens with one attached hydrogen (secondary N) is 1. The van der Waals surface area contributed by atoms with Gasteiger partial charge in [0.05, 0.1) is 15.9 Å². The Morgan fingerprint density at radius 2 is 1.41 bits per heavy atom. The molecule has 2 aromatic carbocycles. The Labute approximate surface area is 181 Å². The van der Waals surface area contributed by atoms with Gasteiger partial charge in [-0.05, 0) is 90.9 Å². The number of hydrogen-bond acceptors (Lipinski definition) is 3. The predicted octanol–water partition coefficient (Wildman–Crippen LogP) is 5.35. The van der Waals surface area contributed by atoms with E-state index in [0.29, 0.717) is 15.9 Å². The smallest absolute Gasteiger partial charge is 0.263 e. The summed E-state index contributed by atoms with van der Waals surface area (Å²) in [6, 6.07) is 8.18. The van der Waals surface area contributed by atoms with E-state index in [2.05, 4.69) is 25.8 Å². The Kier molecular flexibility index (Phi) is 5.92. The summed E-state index contributed by atoms with van der Waals surface area (Å²) in [5.74, 6) is 0.284. The van der Waals surface area contributed by atoms with Crippen molar-refractivity contribution in [1.82, 2.24) is 9.78 Å². The number of aromatic nitrogens is 2. The van der Waals surface area contributed by atoms with Crippen LogP contribution in [0.3, 0.4) is 0 Å². The highest BCUT2D eigenvalue weighted by atomic mass is 79.9. The molecule has 29 heavy (non-hydrogen) atoms. The number of halogens is 1. The van der Waals surface area contributed by atoms with Gasteiger partial charge in [0.1, 0.15) is 0 Å². The van der Waals surface area contributed by atoms with Crippen LogP contribution in [-0.4, -0.2) is 18.2 Å². The van der Waals surface area contributed by atoms with Crippen molar-refractivity contribution >= 4 is 31.8 Å². The molecule has 7 heteroatoms. The summed E-state index contributed by atoms with van der Waals surface area (Å²) >= 11 is 3.43. The van der Waals surface area contributed by atoms with Crippen molar-refractivity contribution in [1.29, 1.82) is 0 Å². The molecule has 0 spiro atoms. The Hall–Kier alpha value is -2.12. The highest BCUT2D eigenvalue weighted by Crippen LogP contribution is 2.32. The van der Waals surface area contributed by atoms with Crippen LogP contribution in [0.2, 0.25) is 0 Å². The van der Waals surface area contributed by atoms with Gasteiger partial charge in [-0.1, -0.05) is 29.8 Å². The summed E-state index contributed by atoms with van der Waals surface area (Å²) in [6.07, 6.45) is 1.78. The molecule has 154 valence electrons. The largest absolute Gasteiger partial charge is 0.265 e. The van der Waals surface area contributed by atoms with Crippen LogP contribution in [0.4, 0.5) is 5.82 Å². The van der Waals surface area contributed by atoms with Gasteiger partial charge in [-0.2, -0.15) is 5.10 Å². The van der Waals surface area contributed by atoms with Crippen LogP contribution >= 0.6 is 15.9 Å². The quantitative estimate of drug-likeness (QED) is 0.540. The fourth-order valence-electron chi connectivity index (χ4n) is 3.47. The first-order valence-corrected chi connectivity index (χ1v) is 11.7. The molecule has 1 N–H and O–H groups in total. The van der Waals surface area contributed by atoms with E-state index in [1.807, 2.05) is 65.8 Å². The lowest BCUT2D eigenvalue weighted by Crippen LogP contribution is -2.18. The molecule has 3 rings (SSSR count). The number of sulfonamides is 1. The molecule has 0 unspecified atom stereocenters. The molecule has 0 amide bonds. The maximum absolute atomic E-state index is 13.2. The van der Waals surface area contributed by atoms with Gasteiger partial charge in [0.15, 0.2) is 5.82 Å². The second-order valence-corrected chi connectivity index (χ2v) is 10.0. The van der Waals surface area contributed by atoms with Crippen molar-refractivity contribution < 1.29 is 8.42 Å². The number of benzene rings is 2. The van der Waals surface area contributed by atoms with Gasteiger partial charge in [-0.3, -0.25) is 9.40 Å². The molecule has 0 saturated carbocycles. The van der Waals surface area contributed by atoms with E-state index in [4.69, 9.17) is 0 Å². The van der Waals surface area contributed by atoms with E-state index in [0.717, 1.165) is 33.4 Å². The zero-order chi connectivity index (χ0) is 21.5. The lowest BCUT2D eigenvalue weighted by molar-refractivity contribution is 0.599. The molecule has 1 aromatic heterocycles. The molecule has 0 aliphatic heterocycles. The zero-order valence-corrected chi connectivity index (χ0v) is 20.0. The van der Waals surface area contributed by atoms with Crippen molar-refractivity contribution in [3.63, 3.8) is 0 Å². The van der Waals surface area contributed by atoms with Crippen molar-refractivity contribution in [2.24, 2.45) is 0 Å². The zero-order valence-electron chi connectivity index (χ0n) is 17.6. The van der Waals surface area contributed by atoms with Crippen molar-refractivity contribution in [3.8, 4) is 0 Å². The third-order valence-corrected chi connectivity index (χ3v) is 7.81. The van der Waals surface area contributed by atoms with Crippen LogP contribution < -0.4 is 4.72 Å². The van der Waals surface area contributed by atoms with Gasteiger partial charge in [-0.25, -0.2) is 8.42 Å². The van der Waals surface area contributed by atoms with Crippen LogP contribution in [0.5, 0.6) is 0 Å². The Morgan fingerprint density at radius 1 is 0.897 bits per heavy atom. The fourth-order valence-corrected chi connectivity index (χ4v) is 5.64. The molecule has 0 aliphatic rings. The van der Waals surface area contributed by atoms with E-state index < -0.39 is 10.0 Å². The van der Waals surface area contributed by atoms with E-state index in [9.17, 15) is 8.42 Å². The molecule has 3 aromatic rings. The van der Waals surface area contributed by atoms with Gasteiger partial charge < -0.3 is 0 Å². The van der Waals surface area contributed by atoms with Crippen LogP contribution in [0, 0.1) is 41.5 Å². The summed E-state index contributed by atoms with van der Waals surface area (Å²) in [7, 11) is -3.78. The Balaban J connectivity index is 1.94. The van der Waals surface area contributed by atoms with Crippen molar-refractivity contribution in [3.05, 3.63) is 73.9 Å². The van der Waals surface area contributed by atoms with Crippen LogP contribution in [0.1, 0.15) is 38.9 Å². The van der Waals surface area contributed by atoms with Crippen LogP contribution in [0.25, 0.3) is 0 Å². The minimum Gasteiger partial charge on any atom is -0.265 e. The number of aryl methyl sites for hydroxylation is 1. The van der Waals surface area contributed by atoms with Crippen LogP contribution in [0.15, 0.2) is 39.8 Å². The molecule has 0 radical (unpaired) electrons. The van der Waals surface area contributed by atoms with Crippen LogP contribution in [-0.2, 0) is 16.6 Å². The minimum atomic E-state index is -3.78. The monoisotopic (exact) mass is 475 g/mol. The highest BCUT2D eigenvalue weighted by molar-refractivity contribution is 9.10. The van der Waals surface area contributed by atoms with E-state index >= 15 is 0 Å². The van der Waals surface area contributed by atoms with E-state index in [1.165, 1.54) is 5.56 Å². The van der Waals surface area contributed by atoms with Gasteiger partial charge in [0, 0.05) is 6.20 Å². The second-order valence-electron chi connectivity index (χ2n) is 7.57. The number of hydrogen-bond donors (Lipinski definition) is 1. The molecular weight excluding hydrogens is 450 g/mol. The molecule has 0 fully saturated rings. The predicted molar refractivity (Wildman–Crippen MR) is 121 cm³/mol. The Bertz CT molecular complexity index is 1150. The second kappa shape index (κ2) is 7.95. The summed E-state index contributed by atoms with van der Waals surface area (Å²) in [5, 5.41) is 4.44. The number of rotatable bonds is 5. The molecule has 0 saturated heterocycles. The third-order valence-electron chi connectivity index (χ3n) is 5.61. The lowest BCUT2D eigenvalue weighted by Gasteiger charge is -2.19. The maximum atomic E-state index is 13.2. The van der Waals surface area contributed by atoms with E-state index in [1.54, 1.807) is 10.9 Å². The normalized spacial score (nSPS) is 11.7. The number of anilines is 1. The first-order valence-electron chi connectivity index (χ1n) is 9.39. The SMILES string of the molecule is Cc1ccc(Cn2cc(Br)c(NS(=O)(=O)c3c(C)c(C)c(C)c(C)c3C)n2)cc1. The average Bonchev–Trinajstić information content (AvgIpc) is 2.98. The fraction of sp³-hybridized carbons (Fsp3) is 0.318. The van der Waals surface area contributed by atoms with Gasteiger partial charge in [0.2, 0.25) is 0 Å². The third kappa shape index (κ3) is 4.26. The highest BCUT2D eigenvalue weighted by Gasteiger charge is 2.25. The van der Waals surface area contributed by atoms with Gasteiger partial charge in [-0.15, -0.1) is 0 Å². The Morgan fingerprint density at radius 3 is 1.97 bits per heavy atom. The summed E-state index contributed by atoms with van der Waals surface area (Å²) in [5.41, 5.74) is 6.95. The summed E-state index contributed by atoms with van der Waals surface area (Å²) < 4.78 is 31.5. The van der Waals surface area contributed by atoms with E-state index in [-0.39, 0.29) is 5.82 Å². The average molecular weight is 476 g/mol. The molecule has 0 aliphatic carbocycles. The molecular formula is C22H26BrN3O2S. The van der Waals surface area contributed by atoms with Crippen molar-refractivity contribution in [2.75, 3.05) is 4.72 Å². The van der Waals surface area contributed by atoms with Gasteiger partial charge in [0.25, 0.3) is 10.0 Å². The summed E-state index contributed by atoms with van der Waals surface area (Å²) in [4.78, 5) is 0.332. The summed E-state index contributed by atoms with van der Waals surface area (Å²) in [6.45, 7) is 12.3. The van der Waals surface area contributed by atoms with Gasteiger partial charge >= 0.3 is 0 Å².